The number of hydrogen-bond acceptors (Lipinski definition) is 5. The molecule has 7 heteroatoms. The highest BCUT2D eigenvalue weighted by atomic mass is 19.1. The van der Waals surface area contributed by atoms with Gasteiger partial charge in [-0.25, -0.2) is 9.37 Å². The third-order valence-corrected chi connectivity index (χ3v) is 4.73. The van der Waals surface area contributed by atoms with Crippen LogP contribution in [-0.4, -0.2) is 42.8 Å². The number of rotatable bonds is 4. The summed E-state index contributed by atoms with van der Waals surface area (Å²) in [5.41, 5.74) is 2.77. The fourth-order valence-electron chi connectivity index (χ4n) is 3.32. The summed E-state index contributed by atoms with van der Waals surface area (Å²) in [7, 11) is 0. The van der Waals surface area contributed by atoms with E-state index in [2.05, 4.69) is 15.6 Å². The molecule has 0 spiro atoms. The lowest BCUT2D eigenvalue weighted by atomic mass is 10.0. The van der Waals surface area contributed by atoms with Gasteiger partial charge in [0.15, 0.2) is 0 Å². The summed E-state index contributed by atoms with van der Waals surface area (Å²) >= 11 is 0. The molecule has 2 N–H and O–H groups in total. The largest absolute Gasteiger partial charge is 0.474 e. The molecule has 3 heterocycles. The van der Waals surface area contributed by atoms with Crippen molar-refractivity contribution in [1.29, 1.82) is 0 Å². The van der Waals surface area contributed by atoms with Gasteiger partial charge in [0.2, 0.25) is 5.88 Å². The number of carbonyl (C=O) groups excluding carboxylic acids is 1. The van der Waals surface area contributed by atoms with Crippen LogP contribution in [0, 0.1) is 5.82 Å². The summed E-state index contributed by atoms with van der Waals surface area (Å²) in [5.74, 6) is -0.0955. The molecule has 0 bridgehead atoms. The average Bonchev–Trinajstić information content (AvgIpc) is 3.16. The van der Waals surface area contributed by atoms with Gasteiger partial charge in [-0.15, -0.1) is 0 Å². The first-order valence-corrected chi connectivity index (χ1v) is 9.15. The molecule has 1 amide bonds. The minimum atomic E-state index is -0.287. The molecule has 0 unspecified atom stereocenters. The molecular formula is C20H22FN3O3. The zero-order valence-electron chi connectivity index (χ0n) is 15.1. The van der Waals surface area contributed by atoms with E-state index in [9.17, 15) is 9.18 Å². The quantitative estimate of drug-likeness (QED) is 0.864. The van der Waals surface area contributed by atoms with E-state index in [4.69, 9.17) is 9.47 Å². The number of nitrogens with one attached hydrogen (secondary N) is 2. The monoisotopic (exact) mass is 371 g/mol. The number of pyridine rings is 1. The van der Waals surface area contributed by atoms with Crippen LogP contribution in [0.25, 0.3) is 0 Å². The topological polar surface area (TPSA) is 72.5 Å². The number of aromatic nitrogens is 1. The van der Waals surface area contributed by atoms with Crippen LogP contribution in [0.1, 0.15) is 35.0 Å². The molecule has 2 atom stereocenters. The Hall–Kier alpha value is -2.67. The van der Waals surface area contributed by atoms with Crippen LogP contribution in [-0.2, 0) is 11.2 Å². The Morgan fingerprint density at radius 1 is 1.33 bits per heavy atom. The van der Waals surface area contributed by atoms with Gasteiger partial charge in [-0.1, -0.05) is 12.1 Å². The van der Waals surface area contributed by atoms with Gasteiger partial charge in [0.1, 0.15) is 18.1 Å². The molecule has 0 radical (unpaired) electrons. The summed E-state index contributed by atoms with van der Waals surface area (Å²) in [5, 5.41) is 6.32. The number of hydrogen-bond donors (Lipinski definition) is 2. The van der Waals surface area contributed by atoms with Crippen LogP contribution >= 0.6 is 0 Å². The Morgan fingerprint density at radius 3 is 2.89 bits per heavy atom. The minimum absolute atomic E-state index is 0.00642. The number of amides is 1. The predicted molar refractivity (Wildman–Crippen MR) is 98.7 cm³/mol. The van der Waals surface area contributed by atoms with Gasteiger partial charge in [0, 0.05) is 6.61 Å². The second kappa shape index (κ2) is 7.52. The number of nitrogens with zero attached hydrogens (tertiary/aromatic N) is 1. The summed E-state index contributed by atoms with van der Waals surface area (Å²) in [4.78, 5) is 17.3. The second-order valence-corrected chi connectivity index (χ2v) is 7.04. The van der Waals surface area contributed by atoms with Crippen LogP contribution in [0.5, 0.6) is 5.88 Å². The van der Waals surface area contributed by atoms with Crippen molar-refractivity contribution in [3.8, 4) is 5.88 Å². The van der Waals surface area contributed by atoms with Crippen molar-refractivity contribution in [3.63, 3.8) is 0 Å². The molecule has 1 aromatic carbocycles. The number of halogens is 1. The van der Waals surface area contributed by atoms with Crippen molar-refractivity contribution in [2.75, 3.05) is 25.1 Å². The standard InChI is InChI=1S/C20H22FN3O3/c1-12-10-27-20-17(22-12)9-14(8-13-2-4-15(21)5-3-13)18(24-20)19(25)23-16-6-7-26-11-16/h2-5,9,12,16,22H,6-8,10-11H2,1H3,(H,23,25)/t12-,16+/m0/s1. The van der Waals surface area contributed by atoms with Crippen molar-refractivity contribution in [2.45, 2.75) is 31.8 Å². The van der Waals surface area contributed by atoms with E-state index in [0.717, 1.165) is 23.2 Å². The molecule has 2 aliphatic rings. The van der Waals surface area contributed by atoms with Crippen LogP contribution < -0.4 is 15.4 Å². The summed E-state index contributed by atoms with van der Waals surface area (Å²) < 4.78 is 24.2. The van der Waals surface area contributed by atoms with Gasteiger partial charge in [-0.05, 0) is 49.1 Å². The van der Waals surface area contributed by atoms with E-state index in [-0.39, 0.29) is 23.8 Å². The molecule has 0 aliphatic carbocycles. The van der Waals surface area contributed by atoms with Gasteiger partial charge in [0.05, 0.1) is 24.4 Å². The Bertz CT molecular complexity index is 835. The lowest BCUT2D eigenvalue weighted by Crippen LogP contribution is -2.36. The van der Waals surface area contributed by atoms with Gasteiger partial charge in [-0.2, -0.15) is 0 Å². The molecule has 142 valence electrons. The van der Waals surface area contributed by atoms with E-state index in [1.54, 1.807) is 12.1 Å². The molecular weight excluding hydrogens is 349 g/mol. The maximum absolute atomic E-state index is 13.2. The molecule has 0 saturated carbocycles. The molecule has 4 rings (SSSR count). The summed E-state index contributed by atoms with van der Waals surface area (Å²) in [6, 6.07) is 8.32. The number of benzene rings is 1. The molecule has 27 heavy (non-hydrogen) atoms. The maximum Gasteiger partial charge on any atom is 0.270 e. The molecule has 2 aromatic rings. The van der Waals surface area contributed by atoms with Crippen molar-refractivity contribution in [2.24, 2.45) is 0 Å². The minimum Gasteiger partial charge on any atom is -0.474 e. The highest BCUT2D eigenvalue weighted by molar-refractivity contribution is 5.95. The summed E-state index contributed by atoms with van der Waals surface area (Å²) in [6.07, 6.45) is 1.26. The van der Waals surface area contributed by atoms with E-state index in [1.807, 2.05) is 13.0 Å². The normalized spacial score (nSPS) is 21.1. The Morgan fingerprint density at radius 2 is 2.15 bits per heavy atom. The van der Waals surface area contributed by atoms with Gasteiger partial charge < -0.3 is 20.1 Å². The number of fused-ring (bicyclic) bond motifs is 1. The van der Waals surface area contributed by atoms with E-state index in [0.29, 0.717) is 37.8 Å². The first-order chi connectivity index (χ1) is 13.1. The van der Waals surface area contributed by atoms with Gasteiger partial charge in [0.25, 0.3) is 5.91 Å². The van der Waals surface area contributed by atoms with E-state index in [1.165, 1.54) is 12.1 Å². The van der Waals surface area contributed by atoms with E-state index >= 15 is 0 Å². The zero-order valence-corrected chi connectivity index (χ0v) is 15.1. The predicted octanol–water partition coefficient (Wildman–Crippen LogP) is 2.52. The van der Waals surface area contributed by atoms with Gasteiger partial charge in [-0.3, -0.25) is 4.79 Å². The lowest BCUT2D eigenvalue weighted by Gasteiger charge is -2.25. The van der Waals surface area contributed by atoms with E-state index < -0.39 is 0 Å². The fraction of sp³-hybridized carbons (Fsp3) is 0.400. The smallest absolute Gasteiger partial charge is 0.270 e. The Labute approximate surface area is 157 Å². The second-order valence-electron chi connectivity index (χ2n) is 7.04. The first-order valence-electron chi connectivity index (χ1n) is 9.15. The average molecular weight is 371 g/mol. The Balaban J connectivity index is 1.66. The molecule has 1 fully saturated rings. The molecule has 1 saturated heterocycles. The molecule has 6 nitrogen and oxygen atoms in total. The van der Waals surface area contributed by atoms with Crippen LogP contribution in [0.15, 0.2) is 30.3 Å². The van der Waals surface area contributed by atoms with Crippen LogP contribution in [0.2, 0.25) is 0 Å². The maximum atomic E-state index is 13.2. The SMILES string of the molecule is C[C@H]1COc2nc(C(=O)N[C@@H]3CCOC3)c(Cc3ccc(F)cc3)cc2N1. The van der Waals surface area contributed by atoms with Crippen LogP contribution in [0.3, 0.4) is 0 Å². The zero-order chi connectivity index (χ0) is 18.8. The van der Waals surface area contributed by atoms with Gasteiger partial charge >= 0.3 is 0 Å². The third-order valence-electron chi connectivity index (χ3n) is 4.73. The molecule has 2 aliphatic heterocycles. The lowest BCUT2D eigenvalue weighted by molar-refractivity contribution is 0.0922. The van der Waals surface area contributed by atoms with Crippen molar-refractivity contribution in [1.82, 2.24) is 10.3 Å². The fourth-order valence-corrected chi connectivity index (χ4v) is 3.32. The number of ether oxygens (including phenoxy) is 2. The van der Waals surface area contributed by atoms with Crippen LogP contribution in [0.4, 0.5) is 10.1 Å². The number of anilines is 1. The van der Waals surface area contributed by atoms with Crippen molar-refractivity contribution >= 4 is 11.6 Å². The van der Waals surface area contributed by atoms with Crippen molar-refractivity contribution in [3.05, 3.63) is 53.0 Å². The highest BCUT2D eigenvalue weighted by Crippen LogP contribution is 2.30. The Kier molecular flexibility index (Phi) is 4.94. The number of carbonyl (C=O) groups is 1. The molecule has 1 aromatic heterocycles. The highest BCUT2D eigenvalue weighted by Gasteiger charge is 2.25. The van der Waals surface area contributed by atoms with Crippen molar-refractivity contribution < 1.29 is 18.7 Å². The third kappa shape index (κ3) is 4.03. The summed E-state index contributed by atoms with van der Waals surface area (Å²) in [6.45, 7) is 3.67. The first kappa shape index (κ1) is 17.7.